The van der Waals surface area contributed by atoms with Crippen LogP contribution in [0.25, 0.3) is 0 Å². The largest absolute Gasteiger partial charge is 0.460 e. The van der Waals surface area contributed by atoms with Crippen molar-refractivity contribution in [1.29, 1.82) is 0 Å². The molecule has 0 unspecified atom stereocenters. The van der Waals surface area contributed by atoms with Crippen LogP contribution in [0.3, 0.4) is 0 Å². The lowest BCUT2D eigenvalue weighted by Gasteiger charge is -2.37. The first kappa shape index (κ1) is 18.9. The summed E-state index contributed by atoms with van der Waals surface area (Å²) in [4.78, 5) is 26.6. The molecule has 1 aromatic carbocycles. The molecule has 0 saturated carbocycles. The van der Waals surface area contributed by atoms with Gasteiger partial charge in [-0.05, 0) is 38.5 Å². The third kappa shape index (κ3) is 4.17. The number of hydrogen-bond donors (Lipinski definition) is 1. The number of methoxy groups -OCH3 is 1. The molecule has 2 amide bonds. The summed E-state index contributed by atoms with van der Waals surface area (Å²) in [7, 11) is 1.51. The molecule has 25 heavy (non-hydrogen) atoms. The minimum atomic E-state index is -0.770. The number of ether oxygens (including phenoxy) is 2. The first-order valence-electron chi connectivity index (χ1n) is 8.08. The highest BCUT2D eigenvalue weighted by Gasteiger charge is 2.37. The van der Waals surface area contributed by atoms with Gasteiger partial charge < -0.3 is 14.8 Å². The van der Waals surface area contributed by atoms with Gasteiger partial charge in [-0.3, -0.25) is 4.90 Å². The van der Waals surface area contributed by atoms with Gasteiger partial charge in [-0.2, -0.15) is 0 Å². The number of allylic oxidation sites excluding steroid dienone is 1. The number of halogens is 1. The summed E-state index contributed by atoms with van der Waals surface area (Å²) in [6.07, 6.45) is 0. The van der Waals surface area contributed by atoms with Crippen molar-refractivity contribution < 1.29 is 23.5 Å². The highest BCUT2D eigenvalue weighted by atomic mass is 19.1. The molecule has 0 radical (unpaired) electrons. The van der Waals surface area contributed by atoms with Crippen molar-refractivity contribution in [2.24, 2.45) is 0 Å². The lowest BCUT2D eigenvalue weighted by molar-refractivity contribution is -0.140. The zero-order valence-electron chi connectivity index (χ0n) is 14.8. The number of esters is 1. The second-order valence-electron chi connectivity index (χ2n) is 6.03. The molecular formula is C18H23FN2O4. The van der Waals surface area contributed by atoms with E-state index in [4.69, 9.17) is 9.47 Å². The molecule has 1 atom stereocenters. The lowest BCUT2D eigenvalue weighted by atomic mass is 9.94. The molecule has 1 aliphatic heterocycles. The van der Waals surface area contributed by atoms with Crippen LogP contribution >= 0.6 is 0 Å². The van der Waals surface area contributed by atoms with Crippen LogP contribution in [0, 0.1) is 5.82 Å². The maximum absolute atomic E-state index is 13.6. The fourth-order valence-electron chi connectivity index (χ4n) is 2.88. The van der Waals surface area contributed by atoms with Crippen molar-refractivity contribution in [2.75, 3.05) is 20.3 Å². The van der Waals surface area contributed by atoms with Crippen LogP contribution in [0.4, 0.5) is 9.18 Å². The molecule has 0 fully saturated rings. The molecule has 0 aliphatic carbocycles. The summed E-state index contributed by atoms with van der Waals surface area (Å²) < 4.78 is 23.8. The van der Waals surface area contributed by atoms with Crippen LogP contribution in [-0.2, 0) is 14.3 Å². The Labute approximate surface area is 146 Å². The second-order valence-corrected chi connectivity index (χ2v) is 6.03. The Kier molecular flexibility index (Phi) is 6.14. The zero-order chi connectivity index (χ0) is 18.6. The number of carbonyl (C=O) groups is 2. The van der Waals surface area contributed by atoms with E-state index < -0.39 is 17.8 Å². The number of benzene rings is 1. The summed E-state index contributed by atoms with van der Waals surface area (Å²) in [6, 6.07) is 4.55. The molecule has 1 aromatic rings. The van der Waals surface area contributed by atoms with E-state index in [-0.39, 0.29) is 30.9 Å². The van der Waals surface area contributed by atoms with Gasteiger partial charge in [0.05, 0.1) is 18.2 Å². The Hall–Kier alpha value is -2.41. The van der Waals surface area contributed by atoms with Crippen molar-refractivity contribution in [1.82, 2.24) is 10.2 Å². The third-order valence-corrected chi connectivity index (χ3v) is 3.97. The Morgan fingerprint density at radius 1 is 1.36 bits per heavy atom. The van der Waals surface area contributed by atoms with Crippen molar-refractivity contribution in [3.8, 4) is 0 Å². The van der Waals surface area contributed by atoms with Gasteiger partial charge in [0.2, 0.25) is 0 Å². The Morgan fingerprint density at radius 2 is 2.08 bits per heavy atom. The fraction of sp³-hybridized carbons (Fsp3) is 0.444. The number of rotatable bonds is 6. The van der Waals surface area contributed by atoms with E-state index in [1.54, 1.807) is 13.0 Å². The summed E-state index contributed by atoms with van der Waals surface area (Å²) in [5.41, 5.74) is 1.26. The van der Waals surface area contributed by atoms with Gasteiger partial charge in [-0.15, -0.1) is 0 Å². The van der Waals surface area contributed by atoms with Crippen LogP contribution in [0.2, 0.25) is 0 Å². The number of urea groups is 1. The highest BCUT2D eigenvalue weighted by Crippen LogP contribution is 2.32. The summed E-state index contributed by atoms with van der Waals surface area (Å²) >= 11 is 0. The van der Waals surface area contributed by atoms with Crippen LogP contribution in [-0.4, -0.2) is 43.3 Å². The average molecular weight is 350 g/mol. The van der Waals surface area contributed by atoms with E-state index >= 15 is 0 Å². The number of amides is 2. The zero-order valence-corrected chi connectivity index (χ0v) is 14.8. The van der Waals surface area contributed by atoms with Crippen molar-refractivity contribution in [2.45, 2.75) is 32.9 Å². The van der Waals surface area contributed by atoms with Gasteiger partial charge in [-0.25, -0.2) is 14.0 Å². The molecule has 0 aromatic heterocycles. The van der Waals surface area contributed by atoms with Gasteiger partial charge >= 0.3 is 12.0 Å². The van der Waals surface area contributed by atoms with Crippen molar-refractivity contribution >= 4 is 12.0 Å². The lowest BCUT2D eigenvalue weighted by Crippen LogP contribution is -2.50. The van der Waals surface area contributed by atoms with E-state index in [0.29, 0.717) is 11.3 Å². The third-order valence-electron chi connectivity index (χ3n) is 3.97. The SMILES string of the molecule is COCCOC(=O)C1=C(C)N(C(C)C)C(=O)N[C@@H]1c1cccc(F)c1. The van der Waals surface area contributed by atoms with E-state index in [1.165, 1.54) is 30.2 Å². The topological polar surface area (TPSA) is 67.9 Å². The van der Waals surface area contributed by atoms with Gasteiger partial charge in [0.1, 0.15) is 12.4 Å². The van der Waals surface area contributed by atoms with Gasteiger partial charge in [-0.1, -0.05) is 12.1 Å². The summed E-state index contributed by atoms with van der Waals surface area (Å²) in [6.45, 7) is 5.75. The standard InChI is InChI=1S/C18H23FN2O4/c1-11(2)21-12(3)15(17(22)25-9-8-24-4)16(20-18(21)23)13-6-5-7-14(19)10-13/h5-7,10-11,16H,8-9H2,1-4H3,(H,20,23)/t16-/m1/s1. The smallest absolute Gasteiger partial charge is 0.338 e. The maximum Gasteiger partial charge on any atom is 0.338 e. The van der Waals surface area contributed by atoms with Crippen molar-refractivity contribution in [3.63, 3.8) is 0 Å². The minimum absolute atomic E-state index is 0.0949. The van der Waals surface area contributed by atoms with Gasteiger partial charge in [0, 0.05) is 18.8 Å². The van der Waals surface area contributed by atoms with Crippen LogP contribution < -0.4 is 5.32 Å². The number of nitrogens with one attached hydrogen (secondary N) is 1. The Morgan fingerprint density at radius 3 is 2.68 bits per heavy atom. The van der Waals surface area contributed by atoms with Crippen LogP contribution in [0.15, 0.2) is 35.5 Å². The molecule has 136 valence electrons. The van der Waals surface area contributed by atoms with Gasteiger partial charge in [0.25, 0.3) is 0 Å². The van der Waals surface area contributed by atoms with Crippen LogP contribution in [0.1, 0.15) is 32.4 Å². The molecule has 2 rings (SSSR count). The van der Waals surface area contributed by atoms with Gasteiger partial charge in [0.15, 0.2) is 0 Å². The molecule has 1 heterocycles. The first-order valence-corrected chi connectivity index (χ1v) is 8.08. The molecule has 6 nitrogen and oxygen atoms in total. The fourth-order valence-corrected chi connectivity index (χ4v) is 2.88. The predicted octanol–water partition coefficient (Wildman–Crippen LogP) is 2.76. The quantitative estimate of drug-likeness (QED) is 0.633. The molecule has 1 N–H and O–H groups in total. The van der Waals surface area contributed by atoms with E-state index in [2.05, 4.69) is 5.32 Å². The van der Waals surface area contributed by atoms with E-state index in [9.17, 15) is 14.0 Å². The van der Waals surface area contributed by atoms with E-state index in [0.717, 1.165) is 0 Å². The average Bonchev–Trinajstić information content (AvgIpc) is 2.54. The molecule has 0 bridgehead atoms. The maximum atomic E-state index is 13.6. The first-order chi connectivity index (χ1) is 11.9. The molecule has 0 spiro atoms. The number of nitrogens with zero attached hydrogens (tertiary/aromatic N) is 1. The number of carbonyl (C=O) groups excluding carboxylic acids is 2. The Bertz CT molecular complexity index is 687. The normalized spacial score (nSPS) is 17.8. The monoisotopic (exact) mass is 350 g/mol. The highest BCUT2D eigenvalue weighted by molar-refractivity contribution is 5.95. The number of hydrogen-bond acceptors (Lipinski definition) is 4. The minimum Gasteiger partial charge on any atom is -0.460 e. The predicted molar refractivity (Wildman–Crippen MR) is 90.2 cm³/mol. The summed E-state index contributed by atoms with van der Waals surface area (Å²) in [5.74, 6) is -1.00. The second kappa shape index (κ2) is 8.11. The van der Waals surface area contributed by atoms with Crippen LogP contribution in [0.5, 0.6) is 0 Å². The molecule has 1 aliphatic rings. The van der Waals surface area contributed by atoms with E-state index in [1.807, 2.05) is 13.8 Å². The molecular weight excluding hydrogens is 327 g/mol. The molecule has 7 heteroatoms. The summed E-state index contributed by atoms with van der Waals surface area (Å²) in [5, 5.41) is 2.77. The Balaban J connectivity index is 2.45. The molecule has 0 saturated heterocycles. The van der Waals surface area contributed by atoms with Crippen molar-refractivity contribution in [3.05, 3.63) is 46.9 Å².